The summed E-state index contributed by atoms with van der Waals surface area (Å²) in [6.07, 6.45) is 11.0. The van der Waals surface area contributed by atoms with Crippen molar-refractivity contribution in [2.24, 2.45) is 5.92 Å². The Hall–Kier alpha value is -0.570. The number of nitrogens with one attached hydrogen (secondary N) is 1. The highest BCUT2D eigenvalue weighted by Gasteiger charge is 2.24. The lowest BCUT2D eigenvalue weighted by atomic mass is 9.95. The minimum atomic E-state index is 0.418. The van der Waals surface area contributed by atoms with Crippen LogP contribution in [0.4, 0.5) is 0 Å². The number of amides is 1. The van der Waals surface area contributed by atoms with Gasteiger partial charge in [0, 0.05) is 25.6 Å². The van der Waals surface area contributed by atoms with Gasteiger partial charge in [-0.1, -0.05) is 32.6 Å². The first-order valence-corrected chi connectivity index (χ1v) is 8.30. The van der Waals surface area contributed by atoms with Crippen molar-refractivity contribution in [1.29, 1.82) is 0 Å². The monoisotopic (exact) mass is 266 g/mol. The molecule has 0 spiro atoms. The van der Waals surface area contributed by atoms with E-state index in [-0.39, 0.29) is 0 Å². The van der Waals surface area contributed by atoms with Crippen molar-refractivity contribution in [2.45, 2.75) is 70.8 Å². The maximum absolute atomic E-state index is 12.3. The summed E-state index contributed by atoms with van der Waals surface area (Å²) < 4.78 is 0. The summed E-state index contributed by atoms with van der Waals surface area (Å²) >= 11 is 0. The molecular formula is C16H30N2O. The highest BCUT2D eigenvalue weighted by molar-refractivity contribution is 5.76. The van der Waals surface area contributed by atoms with E-state index in [0.717, 1.165) is 38.9 Å². The molecule has 3 nitrogen and oxygen atoms in total. The van der Waals surface area contributed by atoms with Gasteiger partial charge in [0.1, 0.15) is 0 Å². The van der Waals surface area contributed by atoms with Crippen LogP contribution in [-0.2, 0) is 4.79 Å². The van der Waals surface area contributed by atoms with Crippen LogP contribution in [0.2, 0.25) is 0 Å². The molecule has 0 radical (unpaired) electrons. The Bertz CT molecular complexity index is 264. The zero-order valence-electron chi connectivity index (χ0n) is 12.5. The summed E-state index contributed by atoms with van der Waals surface area (Å²) in [5, 5.41) is 3.50. The van der Waals surface area contributed by atoms with Gasteiger partial charge in [0.25, 0.3) is 0 Å². The van der Waals surface area contributed by atoms with Crippen molar-refractivity contribution in [3.63, 3.8) is 0 Å². The number of carbonyl (C=O) groups excluding carboxylic acids is 1. The summed E-state index contributed by atoms with van der Waals surface area (Å²) in [6, 6.07) is 0.631. The largest absolute Gasteiger partial charge is 0.343 e. The van der Waals surface area contributed by atoms with E-state index in [1.165, 1.54) is 38.5 Å². The maximum Gasteiger partial charge on any atom is 0.222 e. The molecule has 1 heterocycles. The predicted molar refractivity (Wildman–Crippen MR) is 79.1 cm³/mol. The lowest BCUT2D eigenvalue weighted by molar-refractivity contribution is -0.133. The molecule has 1 amide bonds. The molecule has 110 valence electrons. The number of carbonyl (C=O) groups is 1. The molecule has 2 fully saturated rings. The summed E-state index contributed by atoms with van der Waals surface area (Å²) in [6.45, 7) is 5.12. The van der Waals surface area contributed by atoms with Crippen LogP contribution >= 0.6 is 0 Å². The molecule has 1 saturated heterocycles. The van der Waals surface area contributed by atoms with E-state index < -0.39 is 0 Å². The van der Waals surface area contributed by atoms with Crippen molar-refractivity contribution < 1.29 is 4.79 Å². The van der Waals surface area contributed by atoms with Gasteiger partial charge in [0.05, 0.1) is 0 Å². The minimum absolute atomic E-state index is 0.418. The van der Waals surface area contributed by atoms with Gasteiger partial charge in [-0.15, -0.1) is 0 Å². The van der Waals surface area contributed by atoms with Gasteiger partial charge in [-0.25, -0.2) is 0 Å². The molecule has 1 aliphatic carbocycles. The molecule has 19 heavy (non-hydrogen) atoms. The Morgan fingerprint density at radius 2 is 1.68 bits per heavy atom. The average Bonchev–Trinajstić information content (AvgIpc) is 2.68. The fourth-order valence-corrected chi connectivity index (χ4v) is 3.57. The van der Waals surface area contributed by atoms with Crippen molar-refractivity contribution in [2.75, 3.05) is 19.6 Å². The average molecular weight is 266 g/mol. The van der Waals surface area contributed by atoms with Crippen molar-refractivity contribution >= 4 is 5.91 Å². The van der Waals surface area contributed by atoms with Crippen LogP contribution in [0.25, 0.3) is 0 Å². The molecule has 2 aliphatic rings. The third kappa shape index (κ3) is 4.79. The van der Waals surface area contributed by atoms with Crippen LogP contribution in [0.15, 0.2) is 0 Å². The van der Waals surface area contributed by atoms with Crippen molar-refractivity contribution in [3.8, 4) is 0 Å². The van der Waals surface area contributed by atoms with E-state index in [2.05, 4.69) is 17.1 Å². The van der Waals surface area contributed by atoms with Gasteiger partial charge in [-0.3, -0.25) is 4.79 Å². The topological polar surface area (TPSA) is 32.3 Å². The number of rotatable bonds is 4. The van der Waals surface area contributed by atoms with Gasteiger partial charge < -0.3 is 10.2 Å². The molecule has 0 aromatic heterocycles. The second-order valence-corrected chi connectivity index (χ2v) is 6.27. The molecule has 0 atom stereocenters. The van der Waals surface area contributed by atoms with E-state index >= 15 is 0 Å². The number of hydrogen-bond acceptors (Lipinski definition) is 2. The third-order valence-electron chi connectivity index (χ3n) is 4.78. The first-order valence-electron chi connectivity index (χ1n) is 8.30. The molecule has 0 aromatic rings. The standard InChI is InChI=1S/C16H30N2O/c1-2-17-15-9-11-18(12-10-15)16(19)13-14-7-5-3-4-6-8-14/h14-15,17H,2-13H2,1H3. The van der Waals surface area contributed by atoms with Crippen LogP contribution in [0, 0.1) is 5.92 Å². The number of hydrogen-bond donors (Lipinski definition) is 1. The third-order valence-corrected chi connectivity index (χ3v) is 4.78. The second kappa shape index (κ2) is 7.88. The Morgan fingerprint density at radius 3 is 2.26 bits per heavy atom. The summed E-state index contributed by atoms with van der Waals surface area (Å²) in [5.74, 6) is 1.09. The normalized spacial score (nSPS) is 23.3. The summed E-state index contributed by atoms with van der Waals surface area (Å²) in [5.41, 5.74) is 0. The Morgan fingerprint density at radius 1 is 1.05 bits per heavy atom. The van der Waals surface area contributed by atoms with Crippen LogP contribution < -0.4 is 5.32 Å². The zero-order valence-corrected chi connectivity index (χ0v) is 12.5. The van der Waals surface area contributed by atoms with E-state index in [4.69, 9.17) is 0 Å². The maximum atomic E-state index is 12.3. The quantitative estimate of drug-likeness (QED) is 0.794. The molecule has 1 N–H and O–H groups in total. The van der Waals surface area contributed by atoms with Gasteiger partial charge in [-0.05, 0) is 38.1 Å². The minimum Gasteiger partial charge on any atom is -0.343 e. The van der Waals surface area contributed by atoms with Crippen LogP contribution in [0.1, 0.15) is 64.7 Å². The summed E-state index contributed by atoms with van der Waals surface area (Å²) in [4.78, 5) is 14.5. The van der Waals surface area contributed by atoms with Gasteiger partial charge in [0.2, 0.25) is 5.91 Å². The molecule has 1 aliphatic heterocycles. The van der Waals surface area contributed by atoms with Crippen LogP contribution in [0.5, 0.6) is 0 Å². The highest BCUT2D eigenvalue weighted by Crippen LogP contribution is 2.26. The molecule has 2 rings (SSSR count). The fourth-order valence-electron chi connectivity index (χ4n) is 3.57. The van der Waals surface area contributed by atoms with Gasteiger partial charge in [0.15, 0.2) is 0 Å². The SMILES string of the molecule is CCNC1CCN(C(=O)CC2CCCCCC2)CC1. The number of nitrogens with zero attached hydrogens (tertiary/aromatic N) is 1. The smallest absolute Gasteiger partial charge is 0.222 e. The molecule has 1 saturated carbocycles. The number of likely N-dealkylation sites (tertiary alicyclic amines) is 1. The van der Waals surface area contributed by atoms with Crippen LogP contribution in [-0.4, -0.2) is 36.5 Å². The van der Waals surface area contributed by atoms with Crippen LogP contribution in [0.3, 0.4) is 0 Å². The Balaban J connectivity index is 1.71. The first kappa shape index (κ1) is 14.8. The van der Waals surface area contributed by atoms with E-state index in [1.807, 2.05) is 0 Å². The highest BCUT2D eigenvalue weighted by atomic mass is 16.2. The Labute approximate surface area is 118 Å². The summed E-state index contributed by atoms with van der Waals surface area (Å²) in [7, 11) is 0. The molecule has 3 heteroatoms. The number of piperidine rings is 1. The lowest BCUT2D eigenvalue weighted by Crippen LogP contribution is -2.45. The van der Waals surface area contributed by atoms with Gasteiger partial charge in [-0.2, -0.15) is 0 Å². The zero-order chi connectivity index (χ0) is 13.5. The fraction of sp³-hybridized carbons (Fsp3) is 0.938. The predicted octanol–water partition coefficient (Wildman–Crippen LogP) is 2.95. The van der Waals surface area contributed by atoms with Gasteiger partial charge >= 0.3 is 0 Å². The molecule has 0 aromatic carbocycles. The van der Waals surface area contributed by atoms with Crippen molar-refractivity contribution in [1.82, 2.24) is 10.2 Å². The second-order valence-electron chi connectivity index (χ2n) is 6.27. The molecular weight excluding hydrogens is 236 g/mol. The molecule has 0 unspecified atom stereocenters. The van der Waals surface area contributed by atoms with E-state index in [1.54, 1.807) is 0 Å². The molecule has 0 bridgehead atoms. The van der Waals surface area contributed by atoms with Crippen molar-refractivity contribution in [3.05, 3.63) is 0 Å². The van der Waals surface area contributed by atoms with E-state index in [9.17, 15) is 4.79 Å². The lowest BCUT2D eigenvalue weighted by Gasteiger charge is -2.33. The first-order chi connectivity index (χ1) is 9.29. The Kier molecular flexibility index (Phi) is 6.15. The van der Waals surface area contributed by atoms with E-state index in [0.29, 0.717) is 17.9 Å².